The molecule has 7 nitrogen and oxygen atoms in total. The van der Waals surface area contributed by atoms with Crippen molar-refractivity contribution in [1.29, 1.82) is 0 Å². The van der Waals surface area contributed by atoms with Gasteiger partial charge >= 0.3 is 0 Å². The summed E-state index contributed by atoms with van der Waals surface area (Å²) < 4.78 is 0. The highest BCUT2D eigenvalue weighted by Crippen LogP contribution is 2.35. The molecule has 0 fully saturated rings. The molecule has 3 aromatic rings. The van der Waals surface area contributed by atoms with E-state index in [4.69, 9.17) is 0 Å². The topological polar surface area (TPSA) is 101 Å². The Bertz CT molecular complexity index is 1110. The van der Waals surface area contributed by atoms with Crippen molar-refractivity contribution < 1.29 is 14.5 Å². The average Bonchev–Trinajstić information content (AvgIpc) is 2.75. The van der Waals surface area contributed by atoms with Crippen LogP contribution in [0.25, 0.3) is 0 Å². The van der Waals surface area contributed by atoms with E-state index in [1.54, 1.807) is 30.3 Å². The molecule has 0 aliphatic heterocycles. The maximum atomic E-state index is 12.6. The lowest BCUT2D eigenvalue weighted by Crippen LogP contribution is -2.18. The van der Waals surface area contributed by atoms with E-state index in [-0.39, 0.29) is 17.2 Å². The molecule has 0 aromatic heterocycles. The Morgan fingerprint density at radius 2 is 1.63 bits per heavy atom. The number of aryl methyl sites for hydroxylation is 1. The first-order valence-corrected chi connectivity index (χ1v) is 9.85. The van der Waals surface area contributed by atoms with Crippen LogP contribution in [0.1, 0.15) is 26.3 Å². The number of rotatable bonds is 6. The molecular weight excluding hydrogens is 402 g/mol. The van der Waals surface area contributed by atoms with Gasteiger partial charge in [0.15, 0.2) is 0 Å². The first-order chi connectivity index (χ1) is 14.4. The molecule has 30 heavy (non-hydrogen) atoms. The zero-order chi connectivity index (χ0) is 21.7. The van der Waals surface area contributed by atoms with Crippen molar-refractivity contribution in [2.75, 3.05) is 12.4 Å². The highest BCUT2D eigenvalue weighted by molar-refractivity contribution is 7.99. The number of nitrogens with one attached hydrogen (secondary N) is 2. The molecular formula is C22H19N3O4S. The molecule has 3 rings (SSSR count). The van der Waals surface area contributed by atoms with E-state index >= 15 is 0 Å². The third kappa shape index (κ3) is 5.03. The average molecular weight is 421 g/mol. The second kappa shape index (κ2) is 9.23. The maximum absolute atomic E-state index is 12.6. The number of benzene rings is 3. The van der Waals surface area contributed by atoms with Crippen LogP contribution in [-0.2, 0) is 0 Å². The summed E-state index contributed by atoms with van der Waals surface area (Å²) in [6, 6.07) is 18.5. The number of nitrogens with zero attached hydrogens (tertiary/aromatic N) is 1. The fourth-order valence-electron chi connectivity index (χ4n) is 2.71. The lowest BCUT2D eigenvalue weighted by molar-refractivity contribution is -0.387. The van der Waals surface area contributed by atoms with Crippen molar-refractivity contribution in [3.63, 3.8) is 0 Å². The molecule has 0 radical (unpaired) electrons. The van der Waals surface area contributed by atoms with Crippen molar-refractivity contribution in [3.8, 4) is 0 Å². The van der Waals surface area contributed by atoms with Gasteiger partial charge in [0.05, 0.1) is 9.82 Å². The van der Waals surface area contributed by atoms with Crippen molar-refractivity contribution in [3.05, 3.63) is 93.5 Å². The molecule has 0 spiro atoms. The van der Waals surface area contributed by atoms with Gasteiger partial charge in [-0.15, -0.1) is 0 Å². The third-order valence-electron chi connectivity index (χ3n) is 4.28. The Balaban J connectivity index is 1.83. The van der Waals surface area contributed by atoms with Gasteiger partial charge in [0, 0.05) is 34.8 Å². The minimum absolute atomic E-state index is 0.146. The summed E-state index contributed by atoms with van der Waals surface area (Å²) in [5.41, 5.74) is 1.92. The van der Waals surface area contributed by atoms with E-state index in [0.29, 0.717) is 16.1 Å². The van der Waals surface area contributed by atoms with E-state index in [1.807, 2.05) is 31.2 Å². The normalized spacial score (nSPS) is 10.3. The molecule has 0 saturated heterocycles. The number of hydrogen-bond donors (Lipinski definition) is 2. The Hall–Kier alpha value is -3.65. The number of nitro groups is 1. The predicted octanol–water partition coefficient (Wildman–Crippen LogP) is 4.67. The summed E-state index contributed by atoms with van der Waals surface area (Å²) in [4.78, 5) is 36.7. The highest BCUT2D eigenvalue weighted by atomic mass is 32.2. The Morgan fingerprint density at radius 1 is 0.933 bits per heavy atom. The molecule has 0 bridgehead atoms. The van der Waals surface area contributed by atoms with Gasteiger partial charge < -0.3 is 10.6 Å². The van der Waals surface area contributed by atoms with Gasteiger partial charge in [-0.1, -0.05) is 35.5 Å². The van der Waals surface area contributed by atoms with Crippen LogP contribution < -0.4 is 10.6 Å². The van der Waals surface area contributed by atoms with Gasteiger partial charge in [0.1, 0.15) is 0 Å². The van der Waals surface area contributed by atoms with E-state index in [0.717, 1.165) is 10.5 Å². The van der Waals surface area contributed by atoms with Gasteiger partial charge in [-0.2, -0.15) is 0 Å². The number of nitro benzene ring substituents is 1. The molecule has 0 heterocycles. The first-order valence-electron chi connectivity index (χ1n) is 9.04. The minimum atomic E-state index is -0.501. The number of carbonyl (C=O) groups excluding carboxylic acids is 2. The minimum Gasteiger partial charge on any atom is -0.355 e. The molecule has 152 valence electrons. The van der Waals surface area contributed by atoms with E-state index in [9.17, 15) is 19.7 Å². The summed E-state index contributed by atoms with van der Waals surface area (Å²) in [7, 11) is 1.52. The highest BCUT2D eigenvalue weighted by Gasteiger charge is 2.19. The van der Waals surface area contributed by atoms with Gasteiger partial charge in [-0.05, 0) is 49.4 Å². The maximum Gasteiger partial charge on any atom is 0.284 e. The number of anilines is 1. The lowest BCUT2D eigenvalue weighted by atomic mass is 10.1. The zero-order valence-corrected chi connectivity index (χ0v) is 17.2. The van der Waals surface area contributed by atoms with Crippen LogP contribution in [0.3, 0.4) is 0 Å². The molecule has 2 amide bonds. The predicted molar refractivity (Wildman–Crippen MR) is 116 cm³/mol. The molecule has 0 unspecified atom stereocenters. The lowest BCUT2D eigenvalue weighted by Gasteiger charge is -2.09. The number of amides is 2. The number of carbonyl (C=O) groups is 2. The van der Waals surface area contributed by atoms with E-state index < -0.39 is 10.8 Å². The first kappa shape index (κ1) is 21.1. The van der Waals surface area contributed by atoms with Crippen LogP contribution in [0.15, 0.2) is 76.5 Å². The molecule has 3 aromatic carbocycles. The Labute approximate surface area is 177 Å². The van der Waals surface area contributed by atoms with Crippen LogP contribution >= 0.6 is 11.8 Å². The molecule has 0 atom stereocenters. The molecule has 8 heteroatoms. The van der Waals surface area contributed by atoms with Crippen molar-refractivity contribution >= 4 is 35.0 Å². The monoisotopic (exact) mass is 421 g/mol. The molecule has 0 saturated carbocycles. The third-order valence-corrected chi connectivity index (χ3v) is 5.35. The smallest absolute Gasteiger partial charge is 0.284 e. The molecule has 0 aliphatic carbocycles. The molecule has 2 N–H and O–H groups in total. The van der Waals surface area contributed by atoms with E-state index in [1.165, 1.54) is 30.9 Å². The van der Waals surface area contributed by atoms with Crippen molar-refractivity contribution in [2.24, 2.45) is 0 Å². The standard InChI is InChI=1S/C22H19N3O4S/c1-14-6-9-18(10-7-14)30-20-11-8-16(13-19(20)25(28)29)22(27)24-17-5-3-4-15(12-17)21(26)23-2/h3-13H,1-2H3,(H,23,26)(H,24,27). The Kier molecular flexibility index (Phi) is 6.48. The van der Waals surface area contributed by atoms with E-state index in [2.05, 4.69) is 10.6 Å². The summed E-state index contributed by atoms with van der Waals surface area (Å²) in [5.74, 6) is -0.779. The summed E-state index contributed by atoms with van der Waals surface area (Å²) >= 11 is 1.27. The summed E-state index contributed by atoms with van der Waals surface area (Å²) in [5, 5.41) is 16.8. The largest absolute Gasteiger partial charge is 0.355 e. The number of hydrogen-bond acceptors (Lipinski definition) is 5. The van der Waals surface area contributed by atoms with Crippen LogP contribution in [0, 0.1) is 17.0 Å². The van der Waals surface area contributed by atoms with Gasteiger partial charge in [-0.25, -0.2) is 0 Å². The fraction of sp³-hybridized carbons (Fsp3) is 0.0909. The second-order valence-corrected chi connectivity index (χ2v) is 7.58. The van der Waals surface area contributed by atoms with Crippen LogP contribution in [0.5, 0.6) is 0 Å². The zero-order valence-electron chi connectivity index (χ0n) is 16.3. The summed E-state index contributed by atoms with van der Waals surface area (Å²) in [6.07, 6.45) is 0. The summed E-state index contributed by atoms with van der Waals surface area (Å²) in [6.45, 7) is 1.97. The van der Waals surface area contributed by atoms with Crippen molar-refractivity contribution in [2.45, 2.75) is 16.7 Å². The van der Waals surface area contributed by atoms with Crippen LogP contribution in [0.2, 0.25) is 0 Å². The SMILES string of the molecule is CNC(=O)c1cccc(NC(=O)c2ccc(Sc3ccc(C)cc3)c([N+](=O)[O-])c2)c1. The van der Waals surface area contributed by atoms with Crippen molar-refractivity contribution in [1.82, 2.24) is 5.32 Å². The fourth-order valence-corrected chi connectivity index (χ4v) is 3.61. The van der Waals surface area contributed by atoms with Gasteiger partial charge in [-0.3, -0.25) is 19.7 Å². The quantitative estimate of drug-likeness (QED) is 0.445. The Morgan fingerprint density at radius 3 is 2.30 bits per heavy atom. The van der Waals surface area contributed by atoms with Crippen LogP contribution in [-0.4, -0.2) is 23.8 Å². The van der Waals surface area contributed by atoms with Crippen LogP contribution in [0.4, 0.5) is 11.4 Å². The molecule has 0 aliphatic rings. The second-order valence-electron chi connectivity index (χ2n) is 6.47. The van der Waals surface area contributed by atoms with Gasteiger partial charge in [0.2, 0.25) is 0 Å². The van der Waals surface area contributed by atoms with Gasteiger partial charge in [0.25, 0.3) is 17.5 Å².